The van der Waals surface area contributed by atoms with E-state index >= 15 is 0 Å². The Balaban J connectivity index is 1.45. The second kappa shape index (κ2) is 8.02. The van der Waals surface area contributed by atoms with Crippen LogP contribution in [0.4, 0.5) is 0 Å². The Morgan fingerprint density at radius 1 is 1.16 bits per heavy atom. The van der Waals surface area contributed by atoms with Crippen molar-refractivity contribution in [1.82, 2.24) is 9.78 Å². The minimum atomic E-state index is 0.0947. The van der Waals surface area contributed by atoms with Crippen molar-refractivity contribution in [1.29, 1.82) is 0 Å². The summed E-state index contributed by atoms with van der Waals surface area (Å²) in [6.07, 6.45) is 15.6. The van der Waals surface area contributed by atoms with Gasteiger partial charge in [-0.1, -0.05) is 45.3 Å². The van der Waals surface area contributed by atoms with Crippen molar-refractivity contribution in [2.24, 2.45) is 40.2 Å². The first-order chi connectivity index (χ1) is 14.9. The number of rotatable bonds is 4. The molecule has 0 spiro atoms. The third kappa shape index (κ3) is 3.27. The maximum absolute atomic E-state index is 10.6. The fourth-order valence-corrected chi connectivity index (χ4v) is 8.51. The van der Waals surface area contributed by atoms with E-state index in [0.29, 0.717) is 29.7 Å². The van der Waals surface area contributed by atoms with E-state index in [1.165, 1.54) is 74.6 Å². The number of hydrogen-bond donors (Lipinski definition) is 2. The van der Waals surface area contributed by atoms with Crippen LogP contribution in [0.3, 0.4) is 0 Å². The first-order valence-electron chi connectivity index (χ1n) is 13.0. The molecule has 4 unspecified atom stereocenters. The van der Waals surface area contributed by atoms with Crippen LogP contribution in [-0.4, -0.2) is 28.0 Å². The number of allylic oxidation sites excluding steroid dienone is 1. The van der Waals surface area contributed by atoms with E-state index in [4.69, 9.17) is 10.8 Å². The first-order valence-corrected chi connectivity index (χ1v) is 13.0. The molecular weight excluding hydrogens is 382 g/mol. The van der Waals surface area contributed by atoms with Gasteiger partial charge in [0.25, 0.3) is 0 Å². The van der Waals surface area contributed by atoms with Crippen molar-refractivity contribution in [2.75, 3.05) is 13.2 Å². The van der Waals surface area contributed by atoms with Crippen LogP contribution >= 0.6 is 0 Å². The lowest BCUT2D eigenvalue weighted by Gasteiger charge is -2.56. The number of nitrogens with zero attached hydrogens (tertiary/aromatic N) is 2. The highest BCUT2D eigenvalue weighted by molar-refractivity contribution is 5.28. The lowest BCUT2D eigenvalue weighted by Crippen LogP contribution is -2.53. The van der Waals surface area contributed by atoms with Crippen LogP contribution in [0.1, 0.15) is 88.9 Å². The number of nitrogens with two attached hydrogens (primary N) is 1. The van der Waals surface area contributed by atoms with E-state index in [9.17, 15) is 5.11 Å². The van der Waals surface area contributed by atoms with Crippen LogP contribution in [0.25, 0.3) is 0 Å². The molecule has 3 saturated carbocycles. The summed E-state index contributed by atoms with van der Waals surface area (Å²) >= 11 is 0. The van der Waals surface area contributed by atoms with Gasteiger partial charge in [0.05, 0.1) is 12.2 Å². The highest BCUT2D eigenvalue weighted by Crippen LogP contribution is 2.62. The topological polar surface area (TPSA) is 64.1 Å². The molecule has 172 valence electrons. The highest BCUT2D eigenvalue weighted by Gasteiger charge is 2.56. The summed E-state index contributed by atoms with van der Waals surface area (Å²) < 4.78 is 2.36. The van der Waals surface area contributed by atoms with Gasteiger partial charge in [0.15, 0.2) is 0 Å². The fraction of sp³-hybridized carbons (Fsp3) is 0.815. The maximum Gasteiger partial charge on any atom is 0.0525 e. The van der Waals surface area contributed by atoms with E-state index in [0.717, 1.165) is 19.4 Å². The maximum atomic E-state index is 10.6. The lowest BCUT2D eigenvalue weighted by molar-refractivity contribution is -0.0541. The van der Waals surface area contributed by atoms with Gasteiger partial charge in [0.1, 0.15) is 0 Å². The number of aliphatic hydroxyl groups is 1. The molecule has 0 aliphatic heterocycles. The number of aromatic nitrogens is 2. The van der Waals surface area contributed by atoms with Crippen molar-refractivity contribution in [2.45, 2.75) is 90.5 Å². The van der Waals surface area contributed by atoms with E-state index in [2.05, 4.69) is 31.3 Å². The molecule has 4 aliphatic rings. The standard InChI is InChI=1S/C27H43N3O/c1-18-9-10-23-22(15-28)24(11-12-26(18,23)2)27(3)14-19-16-29-30(21-7-5-4-6-8-21)25(19)13-20(27)17-31/h16,20-24,31H,1,4-15,17,28H2,2-3H3/t20-,22?,23?,24?,26?,27-/m1/s1. The Morgan fingerprint density at radius 2 is 1.94 bits per heavy atom. The molecule has 0 bridgehead atoms. The minimum absolute atomic E-state index is 0.0947. The zero-order valence-corrected chi connectivity index (χ0v) is 19.8. The van der Waals surface area contributed by atoms with Crippen LogP contribution in [0.5, 0.6) is 0 Å². The summed E-state index contributed by atoms with van der Waals surface area (Å²) in [6.45, 7) is 10.4. The number of fused-ring (bicyclic) bond motifs is 2. The van der Waals surface area contributed by atoms with Gasteiger partial charge in [-0.25, -0.2) is 0 Å². The van der Waals surface area contributed by atoms with E-state index in [1.54, 1.807) is 0 Å². The van der Waals surface area contributed by atoms with Gasteiger partial charge in [0.2, 0.25) is 0 Å². The molecule has 6 atom stereocenters. The molecule has 4 aliphatic carbocycles. The highest BCUT2D eigenvalue weighted by atomic mass is 16.3. The molecule has 3 fully saturated rings. The van der Waals surface area contributed by atoms with Gasteiger partial charge in [-0.05, 0) is 98.0 Å². The van der Waals surface area contributed by atoms with Crippen LogP contribution in [-0.2, 0) is 12.8 Å². The molecule has 0 radical (unpaired) electrons. The number of hydrogen-bond acceptors (Lipinski definition) is 3. The second-order valence-electron chi connectivity index (χ2n) is 11.8. The zero-order valence-electron chi connectivity index (χ0n) is 19.8. The molecular formula is C27H43N3O. The van der Waals surface area contributed by atoms with E-state index in [1.807, 2.05) is 0 Å². The quantitative estimate of drug-likeness (QED) is 0.663. The molecule has 1 heterocycles. The molecule has 3 N–H and O–H groups in total. The average Bonchev–Trinajstić information content (AvgIpc) is 3.32. The average molecular weight is 426 g/mol. The van der Waals surface area contributed by atoms with Gasteiger partial charge in [0, 0.05) is 12.3 Å². The monoisotopic (exact) mass is 425 g/mol. The third-order valence-electron chi connectivity index (χ3n) is 10.6. The van der Waals surface area contributed by atoms with Crippen molar-refractivity contribution in [3.63, 3.8) is 0 Å². The lowest BCUT2D eigenvalue weighted by atomic mass is 9.49. The Bertz CT molecular complexity index is 824. The molecule has 31 heavy (non-hydrogen) atoms. The minimum Gasteiger partial charge on any atom is -0.396 e. The summed E-state index contributed by atoms with van der Waals surface area (Å²) in [6, 6.07) is 0.567. The van der Waals surface area contributed by atoms with Crippen LogP contribution in [0.2, 0.25) is 0 Å². The fourth-order valence-electron chi connectivity index (χ4n) is 8.51. The zero-order chi connectivity index (χ0) is 21.8. The smallest absolute Gasteiger partial charge is 0.0525 e. The van der Waals surface area contributed by atoms with E-state index < -0.39 is 0 Å². The summed E-state index contributed by atoms with van der Waals surface area (Å²) in [7, 11) is 0. The summed E-state index contributed by atoms with van der Waals surface area (Å²) in [5, 5.41) is 15.5. The molecule has 1 aromatic rings. The molecule has 5 rings (SSSR count). The van der Waals surface area contributed by atoms with Crippen molar-refractivity contribution < 1.29 is 5.11 Å². The van der Waals surface area contributed by atoms with Crippen LogP contribution < -0.4 is 5.73 Å². The Morgan fingerprint density at radius 3 is 2.65 bits per heavy atom. The van der Waals surface area contributed by atoms with Crippen molar-refractivity contribution in [3.8, 4) is 0 Å². The summed E-state index contributed by atoms with van der Waals surface area (Å²) in [5.74, 6) is 2.06. The van der Waals surface area contributed by atoms with Gasteiger partial charge in [-0.3, -0.25) is 4.68 Å². The van der Waals surface area contributed by atoms with Gasteiger partial charge < -0.3 is 10.8 Å². The van der Waals surface area contributed by atoms with E-state index in [-0.39, 0.29) is 17.4 Å². The molecule has 1 aromatic heterocycles. The Labute approximate surface area is 188 Å². The largest absolute Gasteiger partial charge is 0.396 e. The predicted octanol–water partition coefficient (Wildman–Crippen LogP) is 5.06. The van der Waals surface area contributed by atoms with Gasteiger partial charge in [-0.2, -0.15) is 5.10 Å². The SMILES string of the molecule is C=C1CCC2C(CN)C([C@]3(C)Cc4cnn(C5CCCCC5)c4C[C@@H]3CO)CCC12C. The van der Waals surface area contributed by atoms with Crippen LogP contribution in [0, 0.1) is 34.5 Å². The normalized spacial score (nSPS) is 41.2. The molecule has 0 saturated heterocycles. The van der Waals surface area contributed by atoms with Crippen molar-refractivity contribution in [3.05, 3.63) is 29.6 Å². The Kier molecular flexibility index (Phi) is 5.62. The summed E-state index contributed by atoms with van der Waals surface area (Å²) in [4.78, 5) is 0. The third-order valence-corrected chi connectivity index (χ3v) is 10.6. The van der Waals surface area contributed by atoms with Crippen molar-refractivity contribution >= 4 is 0 Å². The molecule has 4 heteroatoms. The molecule has 0 aromatic carbocycles. The second-order valence-corrected chi connectivity index (χ2v) is 11.8. The Hall–Kier alpha value is -1.13. The molecule has 4 nitrogen and oxygen atoms in total. The number of aliphatic hydroxyl groups excluding tert-OH is 1. The predicted molar refractivity (Wildman–Crippen MR) is 126 cm³/mol. The van der Waals surface area contributed by atoms with Gasteiger partial charge in [-0.15, -0.1) is 0 Å². The van der Waals surface area contributed by atoms with Crippen LogP contribution in [0.15, 0.2) is 18.3 Å². The van der Waals surface area contributed by atoms with Gasteiger partial charge >= 0.3 is 0 Å². The summed E-state index contributed by atoms with van der Waals surface area (Å²) in [5.41, 5.74) is 11.2. The molecule has 0 amide bonds. The first kappa shape index (κ1) is 21.7.